The fraction of sp³-hybridized carbons (Fsp3) is 0.0833. The molecule has 3 aromatic rings. The highest BCUT2D eigenvalue weighted by molar-refractivity contribution is 6.29. The summed E-state index contributed by atoms with van der Waals surface area (Å²) in [7, 11) is 0. The van der Waals surface area contributed by atoms with E-state index in [9.17, 15) is 0 Å². The standard InChI is InChI=1S/C12H9ClN4/c1-8-7-17-12(15-8)10(6-11(13)16-17)9-2-4-14-5-3-9/h2-7H,1H3. The van der Waals surface area contributed by atoms with Crippen molar-refractivity contribution in [2.75, 3.05) is 0 Å². The number of fused-ring (bicyclic) bond motifs is 1. The Morgan fingerprint density at radius 1 is 1.24 bits per heavy atom. The van der Waals surface area contributed by atoms with Crippen LogP contribution in [0.3, 0.4) is 0 Å². The molecule has 0 aliphatic carbocycles. The number of aryl methyl sites for hydroxylation is 1. The number of imidazole rings is 1. The van der Waals surface area contributed by atoms with Gasteiger partial charge in [0.1, 0.15) is 0 Å². The number of aromatic nitrogens is 4. The summed E-state index contributed by atoms with van der Waals surface area (Å²) in [6.07, 6.45) is 5.35. The highest BCUT2D eigenvalue weighted by atomic mass is 35.5. The molecular formula is C12H9ClN4. The first-order valence-corrected chi connectivity index (χ1v) is 5.55. The molecule has 0 spiro atoms. The summed E-state index contributed by atoms with van der Waals surface area (Å²) in [5.41, 5.74) is 3.70. The van der Waals surface area contributed by atoms with Gasteiger partial charge in [-0.15, -0.1) is 0 Å². The monoisotopic (exact) mass is 244 g/mol. The second-order valence-electron chi connectivity index (χ2n) is 3.77. The van der Waals surface area contributed by atoms with Gasteiger partial charge in [-0.1, -0.05) is 11.6 Å². The van der Waals surface area contributed by atoms with Crippen molar-refractivity contribution in [2.45, 2.75) is 6.92 Å². The maximum atomic E-state index is 6.01. The van der Waals surface area contributed by atoms with Gasteiger partial charge in [0.15, 0.2) is 10.8 Å². The molecule has 3 heterocycles. The number of rotatable bonds is 1. The second-order valence-corrected chi connectivity index (χ2v) is 4.15. The van der Waals surface area contributed by atoms with E-state index < -0.39 is 0 Å². The van der Waals surface area contributed by atoms with Crippen LogP contribution < -0.4 is 0 Å². The molecule has 0 aliphatic heterocycles. The molecule has 17 heavy (non-hydrogen) atoms. The van der Waals surface area contributed by atoms with Gasteiger partial charge in [0.05, 0.1) is 11.9 Å². The van der Waals surface area contributed by atoms with Crippen LogP contribution in [0.1, 0.15) is 5.69 Å². The van der Waals surface area contributed by atoms with Gasteiger partial charge < -0.3 is 0 Å². The van der Waals surface area contributed by atoms with E-state index in [0.29, 0.717) is 5.15 Å². The maximum Gasteiger partial charge on any atom is 0.161 e. The van der Waals surface area contributed by atoms with E-state index in [1.54, 1.807) is 16.9 Å². The highest BCUT2D eigenvalue weighted by Gasteiger charge is 2.09. The van der Waals surface area contributed by atoms with Crippen LogP contribution in [-0.2, 0) is 0 Å². The Kier molecular flexibility index (Phi) is 2.30. The molecule has 0 saturated heterocycles. The van der Waals surface area contributed by atoms with Gasteiger partial charge >= 0.3 is 0 Å². The predicted molar refractivity (Wildman–Crippen MR) is 66.0 cm³/mol. The van der Waals surface area contributed by atoms with Crippen molar-refractivity contribution in [3.05, 3.63) is 47.6 Å². The SMILES string of the molecule is Cc1cn2nc(Cl)cc(-c3ccncc3)c2n1. The molecule has 0 bridgehead atoms. The third-order valence-corrected chi connectivity index (χ3v) is 2.69. The van der Waals surface area contributed by atoms with E-state index >= 15 is 0 Å². The van der Waals surface area contributed by atoms with Crippen molar-refractivity contribution in [2.24, 2.45) is 0 Å². The molecule has 4 nitrogen and oxygen atoms in total. The maximum absolute atomic E-state index is 6.01. The third kappa shape index (κ3) is 1.76. The van der Waals surface area contributed by atoms with Crippen LogP contribution in [0, 0.1) is 6.92 Å². The number of pyridine rings is 1. The molecule has 3 rings (SSSR count). The van der Waals surface area contributed by atoms with Crippen molar-refractivity contribution in [3.63, 3.8) is 0 Å². The summed E-state index contributed by atoms with van der Waals surface area (Å²) in [6.45, 7) is 1.93. The summed E-state index contributed by atoms with van der Waals surface area (Å²) < 4.78 is 1.70. The van der Waals surface area contributed by atoms with E-state index in [0.717, 1.165) is 22.5 Å². The lowest BCUT2D eigenvalue weighted by molar-refractivity contribution is 0.936. The minimum absolute atomic E-state index is 0.446. The molecule has 0 fully saturated rings. The van der Waals surface area contributed by atoms with Crippen LogP contribution in [0.5, 0.6) is 0 Å². The van der Waals surface area contributed by atoms with Crippen molar-refractivity contribution < 1.29 is 0 Å². The van der Waals surface area contributed by atoms with E-state index in [1.807, 2.05) is 31.3 Å². The number of hydrogen-bond donors (Lipinski definition) is 0. The Balaban J connectivity index is 2.35. The van der Waals surface area contributed by atoms with Gasteiger partial charge in [-0.05, 0) is 30.7 Å². The fourth-order valence-corrected chi connectivity index (χ4v) is 2.00. The van der Waals surface area contributed by atoms with Crippen molar-refractivity contribution in [3.8, 4) is 11.1 Å². The van der Waals surface area contributed by atoms with Crippen LogP contribution in [0.15, 0.2) is 36.8 Å². The molecule has 0 aromatic carbocycles. The number of hydrogen-bond acceptors (Lipinski definition) is 3. The minimum Gasteiger partial charge on any atom is -0.265 e. The topological polar surface area (TPSA) is 43.1 Å². The molecule has 0 unspecified atom stereocenters. The summed E-state index contributed by atoms with van der Waals surface area (Å²) in [6, 6.07) is 5.67. The van der Waals surface area contributed by atoms with Crippen molar-refractivity contribution >= 4 is 17.2 Å². The third-order valence-electron chi connectivity index (χ3n) is 2.51. The first-order chi connectivity index (χ1) is 8.24. The summed E-state index contributed by atoms with van der Waals surface area (Å²) >= 11 is 6.01. The van der Waals surface area contributed by atoms with Gasteiger partial charge in [-0.2, -0.15) is 5.10 Å². The quantitative estimate of drug-likeness (QED) is 0.661. The number of halogens is 1. The van der Waals surface area contributed by atoms with Gasteiger partial charge in [-0.3, -0.25) is 4.98 Å². The van der Waals surface area contributed by atoms with Crippen LogP contribution in [-0.4, -0.2) is 19.6 Å². The largest absolute Gasteiger partial charge is 0.265 e. The summed E-state index contributed by atoms with van der Waals surface area (Å²) in [5, 5.41) is 4.63. The van der Waals surface area contributed by atoms with E-state index in [4.69, 9.17) is 11.6 Å². The summed E-state index contributed by atoms with van der Waals surface area (Å²) in [5.74, 6) is 0. The zero-order valence-corrected chi connectivity index (χ0v) is 9.89. The van der Waals surface area contributed by atoms with Crippen LogP contribution in [0.25, 0.3) is 16.8 Å². The molecule has 0 radical (unpaired) electrons. The Bertz CT molecular complexity index is 676. The van der Waals surface area contributed by atoms with Gasteiger partial charge in [0, 0.05) is 18.0 Å². The van der Waals surface area contributed by atoms with Crippen molar-refractivity contribution in [1.82, 2.24) is 19.6 Å². The fourth-order valence-electron chi connectivity index (χ4n) is 1.80. The molecular weight excluding hydrogens is 236 g/mol. The van der Waals surface area contributed by atoms with E-state index in [2.05, 4.69) is 15.1 Å². The number of nitrogens with zero attached hydrogens (tertiary/aromatic N) is 4. The lowest BCUT2D eigenvalue weighted by Gasteiger charge is -2.03. The Morgan fingerprint density at radius 2 is 2.00 bits per heavy atom. The Hall–Kier alpha value is -1.94. The lowest BCUT2D eigenvalue weighted by Crippen LogP contribution is -1.93. The second kappa shape index (κ2) is 3.82. The van der Waals surface area contributed by atoms with Crippen LogP contribution >= 0.6 is 11.6 Å². The van der Waals surface area contributed by atoms with Crippen molar-refractivity contribution in [1.29, 1.82) is 0 Å². The zero-order valence-electron chi connectivity index (χ0n) is 9.13. The molecule has 0 saturated carbocycles. The minimum atomic E-state index is 0.446. The average molecular weight is 245 g/mol. The van der Waals surface area contributed by atoms with Gasteiger partial charge in [0.2, 0.25) is 0 Å². The van der Waals surface area contributed by atoms with Gasteiger partial charge in [0.25, 0.3) is 0 Å². The zero-order chi connectivity index (χ0) is 11.8. The van der Waals surface area contributed by atoms with Gasteiger partial charge in [-0.25, -0.2) is 9.50 Å². The molecule has 0 aliphatic rings. The molecule has 5 heteroatoms. The Labute approximate surface area is 103 Å². The molecule has 84 valence electrons. The lowest BCUT2D eigenvalue weighted by atomic mass is 10.1. The molecule has 0 amide bonds. The first-order valence-electron chi connectivity index (χ1n) is 5.17. The Morgan fingerprint density at radius 3 is 2.76 bits per heavy atom. The van der Waals surface area contributed by atoms with E-state index in [1.165, 1.54) is 0 Å². The molecule has 0 N–H and O–H groups in total. The van der Waals surface area contributed by atoms with Crippen LogP contribution in [0.4, 0.5) is 0 Å². The molecule has 0 atom stereocenters. The predicted octanol–water partition coefficient (Wildman–Crippen LogP) is 2.75. The molecule has 3 aromatic heterocycles. The normalized spacial score (nSPS) is 10.9. The first kappa shape index (κ1) is 10.2. The smallest absolute Gasteiger partial charge is 0.161 e. The highest BCUT2D eigenvalue weighted by Crippen LogP contribution is 2.25. The summed E-state index contributed by atoms with van der Waals surface area (Å²) in [4.78, 5) is 8.45. The van der Waals surface area contributed by atoms with E-state index in [-0.39, 0.29) is 0 Å². The average Bonchev–Trinajstić information content (AvgIpc) is 2.69. The van der Waals surface area contributed by atoms with Crippen LogP contribution in [0.2, 0.25) is 5.15 Å².